The third-order valence-electron chi connectivity index (χ3n) is 4.64. The highest BCUT2D eigenvalue weighted by Crippen LogP contribution is 2.32. The van der Waals surface area contributed by atoms with Gasteiger partial charge in [0.2, 0.25) is 11.8 Å². The summed E-state index contributed by atoms with van der Waals surface area (Å²) in [5, 5.41) is 13.6. The number of hydrogen-bond donors (Lipinski definition) is 3. The molecule has 0 aromatic carbocycles. The molecule has 3 amide bonds. The number of likely N-dealkylation sites (tertiary alicyclic amines) is 1. The SMILES string of the molecule is C[C@@H]1CC(F)(F)CN1C(=O)[C@@H](C)NC(=O)c1ccnc(CNC(=O)CCC(=O)O)c1. The summed E-state index contributed by atoms with van der Waals surface area (Å²) in [6.07, 6.45) is 0.465. The van der Waals surface area contributed by atoms with Crippen molar-refractivity contribution >= 4 is 23.7 Å². The molecule has 30 heavy (non-hydrogen) atoms. The second-order valence-electron chi connectivity index (χ2n) is 7.28. The summed E-state index contributed by atoms with van der Waals surface area (Å²) < 4.78 is 27.0. The van der Waals surface area contributed by atoms with Gasteiger partial charge in [-0.1, -0.05) is 0 Å². The fourth-order valence-electron chi connectivity index (χ4n) is 3.11. The minimum absolute atomic E-state index is 0.00552. The molecule has 1 aromatic heterocycles. The molecule has 2 rings (SSSR count). The molecule has 2 heterocycles. The minimum Gasteiger partial charge on any atom is -0.481 e. The normalized spacial score (nSPS) is 18.5. The lowest BCUT2D eigenvalue weighted by Gasteiger charge is -2.25. The molecule has 1 fully saturated rings. The Labute approximate surface area is 171 Å². The van der Waals surface area contributed by atoms with Crippen molar-refractivity contribution < 1.29 is 33.1 Å². The Morgan fingerprint density at radius 3 is 2.63 bits per heavy atom. The summed E-state index contributed by atoms with van der Waals surface area (Å²) in [5.74, 6) is -5.67. The topological polar surface area (TPSA) is 129 Å². The van der Waals surface area contributed by atoms with Crippen molar-refractivity contribution in [2.45, 2.75) is 57.7 Å². The number of hydrogen-bond acceptors (Lipinski definition) is 5. The summed E-state index contributed by atoms with van der Waals surface area (Å²) in [5.41, 5.74) is 0.539. The molecule has 164 valence electrons. The van der Waals surface area contributed by atoms with Crippen LogP contribution < -0.4 is 10.6 Å². The van der Waals surface area contributed by atoms with Gasteiger partial charge >= 0.3 is 5.97 Å². The highest BCUT2D eigenvalue weighted by molar-refractivity contribution is 5.97. The molecule has 0 saturated carbocycles. The number of carbonyl (C=O) groups excluding carboxylic acids is 3. The van der Waals surface area contributed by atoms with Gasteiger partial charge in [-0.2, -0.15) is 0 Å². The van der Waals surface area contributed by atoms with Crippen molar-refractivity contribution in [2.24, 2.45) is 0 Å². The summed E-state index contributed by atoms with van der Waals surface area (Å²) in [6.45, 7) is 2.28. The zero-order valence-corrected chi connectivity index (χ0v) is 16.7. The Bertz CT molecular complexity index is 833. The van der Waals surface area contributed by atoms with Gasteiger partial charge in [-0.15, -0.1) is 0 Å². The average Bonchev–Trinajstić information content (AvgIpc) is 2.96. The number of rotatable bonds is 8. The molecular formula is C19H24F2N4O5. The standard InChI is InChI=1S/C19H24F2N4O5/c1-11-8-19(20,21)10-25(11)18(30)12(2)24-17(29)13-5-6-22-14(7-13)9-23-15(26)3-4-16(27)28/h5-7,11-12H,3-4,8-10H2,1-2H3,(H,23,26)(H,24,29)(H,27,28)/t11-,12-/m1/s1. The molecule has 0 aliphatic carbocycles. The number of carbonyl (C=O) groups is 4. The van der Waals surface area contributed by atoms with E-state index < -0.39 is 54.7 Å². The van der Waals surface area contributed by atoms with Crippen LogP contribution in [0.3, 0.4) is 0 Å². The van der Waals surface area contributed by atoms with Gasteiger partial charge in [0.25, 0.3) is 11.8 Å². The highest BCUT2D eigenvalue weighted by Gasteiger charge is 2.45. The van der Waals surface area contributed by atoms with E-state index in [-0.39, 0.29) is 24.9 Å². The first-order valence-electron chi connectivity index (χ1n) is 9.41. The van der Waals surface area contributed by atoms with Crippen LogP contribution in [0.25, 0.3) is 0 Å². The van der Waals surface area contributed by atoms with E-state index in [1.807, 2.05) is 0 Å². The van der Waals surface area contributed by atoms with Gasteiger partial charge in [-0.25, -0.2) is 8.78 Å². The summed E-state index contributed by atoms with van der Waals surface area (Å²) in [4.78, 5) is 52.0. The number of aliphatic carboxylic acids is 1. The molecule has 0 bridgehead atoms. The molecule has 1 aliphatic heterocycles. The van der Waals surface area contributed by atoms with Crippen molar-refractivity contribution in [3.63, 3.8) is 0 Å². The Kier molecular flexibility index (Phi) is 7.41. The van der Waals surface area contributed by atoms with Crippen molar-refractivity contribution in [1.29, 1.82) is 0 Å². The van der Waals surface area contributed by atoms with Gasteiger partial charge in [0.15, 0.2) is 0 Å². The number of carboxylic acids is 1. The van der Waals surface area contributed by atoms with Gasteiger partial charge < -0.3 is 20.6 Å². The summed E-state index contributed by atoms with van der Waals surface area (Å²) in [7, 11) is 0. The average molecular weight is 426 g/mol. The van der Waals surface area contributed by atoms with Crippen LogP contribution in [0.1, 0.15) is 49.2 Å². The second-order valence-corrected chi connectivity index (χ2v) is 7.28. The summed E-state index contributed by atoms with van der Waals surface area (Å²) in [6, 6.07) is 1.20. The molecule has 9 nitrogen and oxygen atoms in total. The Hall–Kier alpha value is -3.11. The van der Waals surface area contributed by atoms with Crippen molar-refractivity contribution in [1.82, 2.24) is 20.5 Å². The number of amides is 3. The van der Waals surface area contributed by atoms with Crippen LogP contribution in [0.4, 0.5) is 8.78 Å². The molecule has 11 heteroatoms. The third-order valence-corrected chi connectivity index (χ3v) is 4.64. The second kappa shape index (κ2) is 9.59. The maximum absolute atomic E-state index is 13.5. The molecule has 2 atom stereocenters. The zero-order valence-electron chi connectivity index (χ0n) is 16.7. The molecule has 1 aliphatic rings. The number of nitrogens with one attached hydrogen (secondary N) is 2. The van der Waals surface area contributed by atoms with Gasteiger partial charge in [-0.05, 0) is 26.0 Å². The quantitative estimate of drug-likeness (QED) is 0.567. The highest BCUT2D eigenvalue weighted by atomic mass is 19.3. The van der Waals surface area contributed by atoms with Gasteiger partial charge in [-0.3, -0.25) is 24.2 Å². The number of alkyl halides is 2. The zero-order chi connectivity index (χ0) is 22.5. The first kappa shape index (κ1) is 23.2. The van der Waals surface area contributed by atoms with Gasteiger partial charge in [0.1, 0.15) is 6.04 Å². The third kappa shape index (κ3) is 6.46. The first-order chi connectivity index (χ1) is 14.0. The fourth-order valence-corrected chi connectivity index (χ4v) is 3.11. The minimum atomic E-state index is -2.94. The van der Waals surface area contributed by atoms with Crippen LogP contribution in [0.15, 0.2) is 18.3 Å². The molecule has 1 saturated heterocycles. The Morgan fingerprint density at radius 2 is 2.03 bits per heavy atom. The van der Waals surface area contributed by atoms with E-state index in [4.69, 9.17) is 5.11 Å². The van der Waals surface area contributed by atoms with Crippen LogP contribution in [0.5, 0.6) is 0 Å². The number of nitrogens with zero attached hydrogens (tertiary/aromatic N) is 2. The fraction of sp³-hybridized carbons (Fsp3) is 0.526. The number of carboxylic acid groups (broad SMARTS) is 1. The first-order valence-corrected chi connectivity index (χ1v) is 9.41. The maximum Gasteiger partial charge on any atom is 0.303 e. The molecule has 0 radical (unpaired) electrons. The van der Waals surface area contributed by atoms with E-state index >= 15 is 0 Å². The van der Waals surface area contributed by atoms with Crippen molar-refractivity contribution in [2.75, 3.05) is 6.54 Å². The van der Waals surface area contributed by atoms with Crippen LogP contribution in [0.2, 0.25) is 0 Å². The Morgan fingerprint density at radius 1 is 1.33 bits per heavy atom. The van der Waals surface area contributed by atoms with E-state index in [0.717, 1.165) is 4.90 Å². The number of aromatic nitrogens is 1. The number of pyridine rings is 1. The maximum atomic E-state index is 13.5. The lowest BCUT2D eigenvalue weighted by molar-refractivity contribution is -0.138. The Balaban J connectivity index is 1.92. The van der Waals surface area contributed by atoms with Gasteiger partial charge in [0.05, 0.1) is 25.2 Å². The predicted octanol–water partition coefficient (Wildman–Crippen LogP) is 0.937. The lowest BCUT2D eigenvalue weighted by atomic mass is 10.2. The van der Waals surface area contributed by atoms with Crippen LogP contribution >= 0.6 is 0 Å². The van der Waals surface area contributed by atoms with Crippen molar-refractivity contribution in [3.8, 4) is 0 Å². The number of halogens is 2. The van der Waals surface area contributed by atoms with E-state index in [9.17, 15) is 28.0 Å². The molecule has 0 unspecified atom stereocenters. The van der Waals surface area contributed by atoms with E-state index in [1.54, 1.807) is 0 Å². The van der Waals surface area contributed by atoms with E-state index in [1.165, 1.54) is 32.2 Å². The molecule has 1 aromatic rings. The van der Waals surface area contributed by atoms with Gasteiger partial charge in [0, 0.05) is 30.6 Å². The monoisotopic (exact) mass is 426 g/mol. The molecule has 0 spiro atoms. The summed E-state index contributed by atoms with van der Waals surface area (Å²) >= 11 is 0. The van der Waals surface area contributed by atoms with Crippen molar-refractivity contribution in [3.05, 3.63) is 29.6 Å². The smallest absolute Gasteiger partial charge is 0.303 e. The lowest BCUT2D eigenvalue weighted by Crippen LogP contribution is -2.48. The molecular weight excluding hydrogens is 402 g/mol. The van der Waals surface area contributed by atoms with Crippen LogP contribution in [-0.2, 0) is 20.9 Å². The van der Waals surface area contributed by atoms with E-state index in [2.05, 4.69) is 15.6 Å². The van der Waals surface area contributed by atoms with E-state index in [0.29, 0.717) is 5.69 Å². The van der Waals surface area contributed by atoms with Crippen LogP contribution in [0, 0.1) is 0 Å². The van der Waals surface area contributed by atoms with Crippen LogP contribution in [-0.4, -0.2) is 63.2 Å². The largest absolute Gasteiger partial charge is 0.481 e. The molecule has 3 N–H and O–H groups in total. The predicted molar refractivity (Wildman–Crippen MR) is 101 cm³/mol.